The second-order valence-electron chi connectivity index (χ2n) is 6.42. The Labute approximate surface area is 179 Å². The Morgan fingerprint density at radius 1 is 1.13 bits per heavy atom. The molecule has 2 aromatic carbocycles. The van der Waals surface area contributed by atoms with Crippen LogP contribution in [0, 0.1) is 18.3 Å². The van der Waals surface area contributed by atoms with Crippen LogP contribution in [0.15, 0.2) is 65.7 Å². The lowest BCUT2D eigenvalue weighted by Crippen LogP contribution is -2.14. The van der Waals surface area contributed by atoms with Crippen LogP contribution in [0.4, 0.5) is 5.69 Å². The van der Waals surface area contributed by atoms with E-state index in [2.05, 4.69) is 16.4 Å². The summed E-state index contributed by atoms with van der Waals surface area (Å²) in [6.45, 7) is 2.17. The van der Waals surface area contributed by atoms with Gasteiger partial charge in [-0.1, -0.05) is 30.0 Å². The maximum absolute atomic E-state index is 12.4. The highest BCUT2D eigenvalue weighted by molar-refractivity contribution is 8.00. The molecule has 0 aliphatic heterocycles. The molecule has 0 saturated carbocycles. The Balaban J connectivity index is 1.59. The molecule has 0 aliphatic carbocycles. The second kappa shape index (κ2) is 10.4. The molecule has 0 atom stereocenters. The summed E-state index contributed by atoms with van der Waals surface area (Å²) in [6.07, 6.45) is 0. The summed E-state index contributed by atoms with van der Waals surface area (Å²) in [5.41, 5.74) is 2.66. The van der Waals surface area contributed by atoms with E-state index in [4.69, 9.17) is 9.47 Å². The van der Waals surface area contributed by atoms with Gasteiger partial charge in [0.2, 0.25) is 5.91 Å². The lowest BCUT2D eigenvalue weighted by Gasteiger charge is -2.10. The highest BCUT2D eigenvalue weighted by Crippen LogP contribution is 2.26. The Morgan fingerprint density at radius 3 is 2.50 bits per heavy atom. The third kappa shape index (κ3) is 5.83. The zero-order valence-corrected chi connectivity index (χ0v) is 17.5. The van der Waals surface area contributed by atoms with Crippen LogP contribution >= 0.6 is 11.8 Å². The first-order chi connectivity index (χ1) is 14.6. The average molecular weight is 420 g/mol. The molecule has 1 aromatic heterocycles. The van der Waals surface area contributed by atoms with Crippen LogP contribution in [-0.2, 0) is 16.1 Å². The van der Waals surface area contributed by atoms with Crippen LogP contribution in [0.2, 0.25) is 0 Å². The van der Waals surface area contributed by atoms with E-state index in [0.29, 0.717) is 28.6 Å². The molecule has 1 heterocycles. The van der Waals surface area contributed by atoms with Gasteiger partial charge in [-0.25, -0.2) is 4.98 Å². The Kier molecular flexibility index (Phi) is 7.44. The number of nitrogens with one attached hydrogen (secondary N) is 1. The molecule has 0 bridgehead atoms. The molecule has 0 saturated heterocycles. The van der Waals surface area contributed by atoms with Gasteiger partial charge in [0.05, 0.1) is 17.9 Å². The molecule has 30 heavy (non-hydrogen) atoms. The molecule has 3 aromatic rings. The number of carbonyl (C=O) groups is 1. The van der Waals surface area contributed by atoms with Crippen molar-refractivity contribution in [3.63, 3.8) is 0 Å². The number of nitriles is 1. The molecule has 6 nitrogen and oxygen atoms in total. The van der Waals surface area contributed by atoms with Gasteiger partial charge in [0.1, 0.15) is 22.6 Å². The van der Waals surface area contributed by atoms with Crippen LogP contribution in [-0.4, -0.2) is 23.8 Å². The number of pyridine rings is 1. The molecule has 1 N–H and O–H groups in total. The summed E-state index contributed by atoms with van der Waals surface area (Å²) < 4.78 is 10.9. The largest absolute Gasteiger partial charge is 0.457 e. The van der Waals surface area contributed by atoms with Gasteiger partial charge in [-0.05, 0) is 55.0 Å². The quantitative estimate of drug-likeness (QED) is 0.521. The van der Waals surface area contributed by atoms with E-state index < -0.39 is 0 Å². The zero-order valence-electron chi connectivity index (χ0n) is 16.7. The second-order valence-corrected chi connectivity index (χ2v) is 7.39. The molecular formula is C23H21N3O3S. The van der Waals surface area contributed by atoms with Gasteiger partial charge >= 0.3 is 0 Å². The molecule has 0 spiro atoms. The topological polar surface area (TPSA) is 84.2 Å². The lowest BCUT2D eigenvalue weighted by atomic mass is 10.1. The van der Waals surface area contributed by atoms with Crippen LogP contribution in [0.25, 0.3) is 0 Å². The summed E-state index contributed by atoms with van der Waals surface area (Å²) >= 11 is 1.23. The molecule has 0 unspecified atom stereocenters. The van der Waals surface area contributed by atoms with E-state index in [-0.39, 0.29) is 11.7 Å². The van der Waals surface area contributed by atoms with Crippen molar-refractivity contribution < 1.29 is 14.3 Å². The summed E-state index contributed by atoms with van der Waals surface area (Å²) in [7, 11) is 1.58. The number of aryl methyl sites for hydroxylation is 1. The Hall–Kier alpha value is -3.34. The third-order valence-electron chi connectivity index (χ3n) is 4.06. The van der Waals surface area contributed by atoms with Gasteiger partial charge in [0.25, 0.3) is 0 Å². The minimum atomic E-state index is -0.183. The minimum absolute atomic E-state index is 0.139. The maximum Gasteiger partial charge on any atom is 0.234 e. The molecule has 0 radical (unpaired) electrons. The van der Waals surface area contributed by atoms with Crippen molar-refractivity contribution in [2.45, 2.75) is 18.6 Å². The first-order valence-corrected chi connectivity index (χ1v) is 10.2. The predicted molar refractivity (Wildman–Crippen MR) is 117 cm³/mol. The summed E-state index contributed by atoms with van der Waals surface area (Å²) in [5.74, 6) is 1.39. The van der Waals surface area contributed by atoms with Crippen molar-refractivity contribution in [3.05, 3.63) is 77.5 Å². The van der Waals surface area contributed by atoms with E-state index in [9.17, 15) is 10.1 Å². The number of hydrogen-bond acceptors (Lipinski definition) is 6. The number of ether oxygens (including phenoxy) is 2. The Bertz CT molecular complexity index is 1050. The fraction of sp³-hybridized carbons (Fsp3) is 0.174. The fourth-order valence-electron chi connectivity index (χ4n) is 2.77. The van der Waals surface area contributed by atoms with Gasteiger partial charge in [0, 0.05) is 18.5 Å². The highest BCUT2D eigenvalue weighted by atomic mass is 32.2. The van der Waals surface area contributed by atoms with Gasteiger partial charge in [-0.15, -0.1) is 0 Å². The van der Waals surface area contributed by atoms with Crippen LogP contribution in [0.1, 0.15) is 16.8 Å². The standard InChI is InChI=1S/C23H21N3O3S/c1-16-12-17(14-28-2)21(13-24)23(25-16)30-15-22(27)26-18-8-10-20(11-9-18)29-19-6-4-3-5-7-19/h3-12H,14-15H2,1-2H3,(H,26,27). The van der Waals surface area contributed by atoms with Crippen molar-refractivity contribution in [3.8, 4) is 17.6 Å². The number of anilines is 1. The summed E-state index contributed by atoms with van der Waals surface area (Å²) in [4.78, 5) is 16.8. The molecule has 0 fully saturated rings. The van der Waals surface area contributed by atoms with E-state index in [1.54, 1.807) is 31.4 Å². The highest BCUT2D eigenvalue weighted by Gasteiger charge is 2.14. The molecule has 0 aliphatic rings. The molecule has 3 rings (SSSR count). The van der Waals surface area contributed by atoms with Crippen molar-refractivity contribution in [2.75, 3.05) is 18.2 Å². The number of amides is 1. The average Bonchev–Trinajstić information content (AvgIpc) is 2.74. The first kappa shape index (κ1) is 21.4. The van der Waals surface area contributed by atoms with Gasteiger partial charge in [-0.3, -0.25) is 4.79 Å². The summed E-state index contributed by atoms with van der Waals surface area (Å²) in [6, 6.07) is 20.6. The van der Waals surface area contributed by atoms with E-state index >= 15 is 0 Å². The van der Waals surface area contributed by atoms with Crippen molar-refractivity contribution in [1.29, 1.82) is 5.26 Å². The zero-order chi connectivity index (χ0) is 21.3. The number of para-hydroxylation sites is 1. The van der Waals surface area contributed by atoms with Crippen LogP contribution in [0.5, 0.6) is 11.5 Å². The number of nitrogens with zero attached hydrogens (tertiary/aromatic N) is 2. The summed E-state index contributed by atoms with van der Waals surface area (Å²) in [5, 5.41) is 12.9. The van der Waals surface area contributed by atoms with Gasteiger partial charge < -0.3 is 14.8 Å². The lowest BCUT2D eigenvalue weighted by molar-refractivity contribution is -0.113. The number of rotatable bonds is 8. The van der Waals surface area contributed by atoms with Gasteiger partial charge in [0.15, 0.2) is 0 Å². The minimum Gasteiger partial charge on any atom is -0.457 e. The van der Waals surface area contributed by atoms with Crippen LogP contribution in [0.3, 0.4) is 0 Å². The Morgan fingerprint density at radius 2 is 1.83 bits per heavy atom. The van der Waals surface area contributed by atoms with Crippen LogP contribution < -0.4 is 10.1 Å². The number of hydrogen-bond donors (Lipinski definition) is 1. The smallest absolute Gasteiger partial charge is 0.234 e. The van der Waals surface area contributed by atoms with E-state index in [1.165, 1.54) is 11.8 Å². The molecule has 152 valence electrons. The van der Waals surface area contributed by atoms with E-state index in [1.807, 2.05) is 43.3 Å². The normalized spacial score (nSPS) is 10.3. The van der Waals surface area contributed by atoms with Crippen molar-refractivity contribution in [2.24, 2.45) is 0 Å². The SMILES string of the molecule is COCc1cc(C)nc(SCC(=O)Nc2ccc(Oc3ccccc3)cc2)c1C#N. The first-order valence-electron chi connectivity index (χ1n) is 9.24. The number of thioether (sulfide) groups is 1. The molecular weight excluding hydrogens is 398 g/mol. The van der Waals surface area contributed by atoms with Crippen molar-refractivity contribution >= 4 is 23.4 Å². The van der Waals surface area contributed by atoms with Gasteiger partial charge in [-0.2, -0.15) is 5.26 Å². The number of methoxy groups -OCH3 is 1. The maximum atomic E-state index is 12.4. The predicted octanol–water partition coefficient (Wildman–Crippen LogP) is 4.93. The molecule has 7 heteroatoms. The number of aromatic nitrogens is 1. The third-order valence-corrected chi connectivity index (χ3v) is 5.04. The fourth-order valence-corrected chi connectivity index (χ4v) is 3.63. The molecule has 1 amide bonds. The monoisotopic (exact) mass is 419 g/mol. The van der Waals surface area contributed by atoms with E-state index in [0.717, 1.165) is 17.0 Å². The number of carbonyl (C=O) groups excluding carboxylic acids is 1. The van der Waals surface area contributed by atoms with Crippen molar-refractivity contribution in [1.82, 2.24) is 4.98 Å². The number of benzene rings is 2.